The Morgan fingerprint density at radius 2 is 1.69 bits per heavy atom. The summed E-state index contributed by atoms with van der Waals surface area (Å²) in [6.07, 6.45) is 6.14. The van der Waals surface area contributed by atoms with Crippen LogP contribution in [0.2, 0.25) is 0 Å². The molecule has 0 unspecified atom stereocenters. The van der Waals surface area contributed by atoms with Gasteiger partial charge in [-0.25, -0.2) is 4.68 Å². The minimum atomic E-state index is -0.182. The van der Waals surface area contributed by atoms with Crippen molar-refractivity contribution >= 4 is 16.7 Å². The SMILES string of the molecule is Cc1c2cnn(CC(=O)N3CCCCCC3)c(=O)c2c(C)n1Cc1ccccc1. The Balaban J connectivity index is 1.65. The summed E-state index contributed by atoms with van der Waals surface area (Å²) in [7, 11) is 0. The number of fused-ring (bicyclic) bond motifs is 1. The van der Waals surface area contributed by atoms with Gasteiger partial charge in [0.05, 0.1) is 11.6 Å². The lowest BCUT2D eigenvalue weighted by Crippen LogP contribution is -2.37. The molecule has 3 heterocycles. The second-order valence-corrected chi connectivity index (χ2v) is 7.93. The molecule has 6 nitrogen and oxygen atoms in total. The number of carbonyl (C=O) groups excluding carboxylic acids is 1. The van der Waals surface area contributed by atoms with Gasteiger partial charge in [-0.1, -0.05) is 43.2 Å². The zero-order valence-electron chi connectivity index (χ0n) is 17.2. The van der Waals surface area contributed by atoms with Crippen LogP contribution in [0.1, 0.15) is 42.6 Å². The molecule has 1 aromatic carbocycles. The van der Waals surface area contributed by atoms with Crippen molar-refractivity contribution in [1.82, 2.24) is 19.2 Å². The van der Waals surface area contributed by atoms with E-state index in [1.54, 1.807) is 6.20 Å². The molecule has 3 aromatic rings. The summed E-state index contributed by atoms with van der Waals surface area (Å²) in [5.74, 6) is -0.0149. The van der Waals surface area contributed by atoms with Gasteiger partial charge in [-0.15, -0.1) is 0 Å². The molecule has 0 radical (unpaired) electrons. The van der Waals surface area contributed by atoms with Crippen molar-refractivity contribution in [3.05, 3.63) is 63.8 Å². The molecule has 152 valence electrons. The number of aryl methyl sites for hydroxylation is 2. The molecule has 0 saturated carbocycles. The number of hydrogen-bond donors (Lipinski definition) is 0. The van der Waals surface area contributed by atoms with E-state index in [1.807, 2.05) is 36.9 Å². The van der Waals surface area contributed by atoms with Crippen molar-refractivity contribution < 1.29 is 4.79 Å². The van der Waals surface area contributed by atoms with E-state index >= 15 is 0 Å². The predicted octanol–water partition coefficient (Wildman–Crippen LogP) is 3.27. The molecule has 0 N–H and O–H groups in total. The number of benzene rings is 1. The summed E-state index contributed by atoms with van der Waals surface area (Å²) in [4.78, 5) is 27.8. The molecule has 0 atom stereocenters. The van der Waals surface area contributed by atoms with Crippen molar-refractivity contribution in [2.24, 2.45) is 0 Å². The van der Waals surface area contributed by atoms with E-state index in [2.05, 4.69) is 21.8 Å². The van der Waals surface area contributed by atoms with E-state index in [0.29, 0.717) is 11.9 Å². The van der Waals surface area contributed by atoms with Crippen LogP contribution in [-0.2, 0) is 17.9 Å². The molecule has 1 saturated heterocycles. The molecule has 0 bridgehead atoms. The van der Waals surface area contributed by atoms with Gasteiger partial charge in [-0.3, -0.25) is 9.59 Å². The summed E-state index contributed by atoms with van der Waals surface area (Å²) in [5.41, 5.74) is 2.95. The van der Waals surface area contributed by atoms with Crippen molar-refractivity contribution in [2.45, 2.75) is 52.6 Å². The molecule has 1 aliphatic heterocycles. The van der Waals surface area contributed by atoms with Gasteiger partial charge < -0.3 is 9.47 Å². The number of hydrogen-bond acceptors (Lipinski definition) is 3. The van der Waals surface area contributed by atoms with Crippen LogP contribution in [0.15, 0.2) is 41.3 Å². The third kappa shape index (κ3) is 3.84. The van der Waals surface area contributed by atoms with Gasteiger partial charge in [0.1, 0.15) is 6.54 Å². The van der Waals surface area contributed by atoms with E-state index < -0.39 is 0 Å². The zero-order chi connectivity index (χ0) is 20.4. The summed E-state index contributed by atoms with van der Waals surface area (Å²) in [6, 6.07) is 10.2. The lowest BCUT2D eigenvalue weighted by molar-refractivity contribution is -0.132. The third-order valence-electron chi connectivity index (χ3n) is 6.03. The maximum atomic E-state index is 13.2. The molecule has 1 amide bonds. The molecule has 6 heteroatoms. The highest BCUT2D eigenvalue weighted by molar-refractivity contribution is 5.87. The number of amides is 1. The van der Waals surface area contributed by atoms with Crippen LogP contribution >= 0.6 is 0 Å². The van der Waals surface area contributed by atoms with Gasteiger partial charge in [0, 0.05) is 36.4 Å². The summed E-state index contributed by atoms with van der Waals surface area (Å²) in [5, 5.41) is 5.86. The fraction of sp³-hybridized carbons (Fsp3) is 0.435. The smallest absolute Gasteiger partial charge is 0.276 e. The largest absolute Gasteiger partial charge is 0.343 e. The first-order valence-electron chi connectivity index (χ1n) is 10.4. The second-order valence-electron chi connectivity index (χ2n) is 7.93. The molecule has 1 aliphatic rings. The van der Waals surface area contributed by atoms with Crippen molar-refractivity contribution in [1.29, 1.82) is 0 Å². The van der Waals surface area contributed by atoms with E-state index in [4.69, 9.17) is 0 Å². The zero-order valence-corrected chi connectivity index (χ0v) is 17.2. The standard InChI is InChI=1S/C23H28N4O2/c1-17-20-14-24-27(16-21(28)25-12-8-3-4-9-13-25)23(29)22(20)18(2)26(17)15-19-10-6-5-7-11-19/h5-7,10-11,14H,3-4,8-9,12-13,15-16H2,1-2H3. The number of nitrogens with zero attached hydrogens (tertiary/aromatic N) is 4. The summed E-state index contributed by atoms with van der Waals surface area (Å²) < 4.78 is 3.49. The minimum Gasteiger partial charge on any atom is -0.343 e. The molecule has 0 aliphatic carbocycles. The first-order valence-corrected chi connectivity index (χ1v) is 10.4. The number of rotatable bonds is 4. The molecule has 1 fully saturated rings. The first kappa shape index (κ1) is 19.4. The monoisotopic (exact) mass is 392 g/mol. The van der Waals surface area contributed by atoms with Crippen LogP contribution in [0.4, 0.5) is 0 Å². The Morgan fingerprint density at radius 3 is 2.38 bits per heavy atom. The Morgan fingerprint density at radius 1 is 1.00 bits per heavy atom. The van der Waals surface area contributed by atoms with Gasteiger partial charge in [0.25, 0.3) is 5.56 Å². The van der Waals surface area contributed by atoms with Gasteiger partial charge in [0.15, 0.2) is 0 Å². The molecule has 4 rings (SSSR count). The maximum Gasteiger partial charge on any atom is 0.276 e. The number of likely N-dealkylation sites (tertiary alicyclic amines) is 1. The average molecular weight is 393 g/mol. The van der Waals surface area contributed by atoms with Crippen molar-refractivity contribution in [2.75, 3.05) is 13.1 Å². The lowest BCUT2D eigenvalue weighted by Gasteiger charge is -2.20. The van der Waals surface area contributed by atoms with E-state index in [9.17, 15) is 9.59 Å². The average Bonchev–Trinajstić information content (AvgIpc) is 2.92. The highest BCUT2D eigenvalue weighted by Gasteiger charge is 2.20. The van der Waals surface area contributed by atoms with Gasteiger partial charge in [-0.05, 0) is 32.3 Å². The molecule has 29 heavy (non-hydrogen) atoms. The van der Waals surface area contributed by atoms with E-state index in [1.165, 1.54) is 23.1 Å². The highest BCUT2D eigenvalue weighted by atomic mass is 16.2. The fourth-order valence-electron chi connectivity index (χ4n) is 4.31. The van der Waals surface area contributed by atoms with E-state index in [0.717, 1.165) is 42.7 Å². The molecule has 2 aromatic heterocycles. The molecular formula is C23H28N4O2. The van der Waals surface area contributed by atoms with Gasteiger partial charge in [-0.2, -0.15) is 5.10 Å². The Bertz CT molecular complexity index is 1070. The fourth-order valence-corrected chi connectivity index (χ4v) is 4.31. The van der Waals surface area contributed by atoms with E-state index in [-0.39, 0.29) is 18.0 Å². The Labute approximate surface area is 170 Å². The van der Waals surface area contributed by atoms with Crippen LogP contribution in [0.3, 0.4) is 0 Å². The van der Waals surface area contributed by atoms with Crippen molar-refractivity contribution in [3.63, 3.8) is 0 Å². The Kier molecular flexibility index (Phi) is 5.51. The highest BCUT2D eigenvalue weighted by Crippen LogP contribution is 2.23. The molecular weight excluding hydrogens is 364 g/mol. The third-order valence-corrected chi connectivity index (χ3v) is 6.03. The van der Waals surface area contributed by atoms with Crippen molar-refractivity contribution in [3.8, 4) is 0 Å². The van der Waals surface area contributed by atoms with Gasteiger partial charge in [0.2, 0.25) is 5.91 Å². The normalized spacial score (nSPS) is 14.9. The maximum absolute atomic E-state index is 13.2. The second kappa shape index (κ2) is 8.23. The quantitative estimate of drug-likeness (QED) is 0.685. The van der Waals surface area contributed by atoms with Crippen LogP contribution in [0, 0.1) is 13.8 Å². The molecule has 0 spiro atoms. The summed E-state index contributed by atoms with van der Waals surface area (Å²) >= 11 is 0. The Hall–Kier alpha value is -2.89. The predicted molar refractivity (Wildman–Crippen MR) is 114 cm³/mol. The lowest BCUT2D eigenvalue weighted by atomic mass is 10.2. The number of carbonyl (C=O) groups is 1. The van der Waals surface area contributed by atoms with Crippen LogP contribution < -0.4 is 5.56 Å². The summed E-state index contributed by atoms with van der Waals surface area (Å²) in [6.45, 7) is 6.27. The van der Waals surface area contributed by atoms with Gasteiger partial charge >= 0.3 is 0 Å². The topological polar surface area (TPSA) is 60.1 Å². The number of aromatic nitrogens is 3. The first-order chi connectivity index (χ1) is 14.1. The van der Waals surface area contributed by atoms with Crippen LogP contribution in [0.25, 0.3) is 10.8 Å². The van der Waals surface area contributed by atoms with Crippen LogP contribution in [-0.4, -0.2) is 38.2 Å². The minimum absolute atomic E-state index is 0.0110. The van der Waals surface area contributed by atoms with Crippen LogP contribution in [0.5, 0.6) is 0 Å².